The van der Waals surface area contributed by atoms with Crippen LogP contribution in [0.15, 0.2) is 0 Å². The molecule has 0 aliphatic heterocycles. The largest absolute Gasteiger partial charge is 0.368 e. The molecule has 2 atom stereocenters. The van der Waals surface area contributed by atoms with Crippen LogP contribution in [-0.4, -0.2) is 49.0 Å². The predicted octanol–water partition coefficient (Wildman–Crippen LogP) is 1.60. The van der Waals surface area contributed by atoms with E-state index in [1.807, 2.05) is 13.8 Å². The lowest BCUT2D eigenvalue weighted by molar-refractivity contribution is -0.126. The highest BCUT2D eigenvalue weighted by Gasteiger charge is 2.47. The summed E-state index contributed by atoms with van der Waals surface area (Å²) in [6.07, 6.45) is 1.01. The molecule has 3 N–H and O–H groups in total. The van der Waals surface area contributed by atoms with Gasteiger partial charge in [-0.15, -0.1) is 0 Å². The molecule has 1 aliphatic carbocycles. The number of nitrogens with one attached hydrogen (secondary N) is 1. The fourth-order valence-corrected chi connectivity index (χ4v) is 3.27. The number of hydrogen-bond donors (Lipinski definition) is 2. The van der Waals surface area contributed by atoms with Gasteiger partial charge in [0.1, 0.15) is 5.54 Å². The number of rotatable bonds is 8. The minimum absolute atomic E-state index is 0.127. The topological polar surface area (TPSA) is 58.4 Å². The van der Waals surface area contributed by atoms with E-state index in [-0.39, 0.29) is 24.4 Å². The lowest BCUT2D eigenvalue weighted by atomic mass is 9.83. The highest BCUT2D eigenvalue weighted by atomic mass is 19.3. The van der Waals surface area contributed by atoms with Crippen LogP contribution < -0.4 is 11.1 Å². The van der Waals surface area contributed by atoms with Crippen molar-refractivity contribution in [1.29, 1.82) is 0 Å². The molecule has 2 unspecified atom stereocenters. The van der Waals surface area contributed by atoms with Crippen LogP contribution in [0.2, 0.25) is 0 Å². The lowest BCUT2D eigenvalue weighted by Crippen LogP contribution is -2.60. The molecule has 0 spiro atoms. The molecule has 0 radical (unpaired) electrons. The zero-order chi connectivity index (χ0) is 15.3. The van der Waals surface area contributed by atoms with Crippen LogP contribution in [0, 0.1) is 5.92 Å². The molecule has 1 rings (SSSR count). The summed E-state index contributed by atoms with van der Waals surface area (Å²) in [4.78, 5) is 13.5. The summed E-state index contributed by atoms with van der Waals surface area (Å²) in [7, 11) is 1.68. The molecule has 118 valence electrons. The third-order valence-corrected chi connectivity index (χ3v) is 4.12. The third-order valence-electron chi connectivity index (χ3n) is 4.12. The van der Waals surface area contributed by atoms with E-state index in [4.69, 9.17) is 5.73 Å². The Bertz CT molecular complexity index is 326. The summed E-state index contributed by atoms with van der Waals surface area (Å²) in [6, 6.07) is 0.168. The Kier molecular flexibility index (Phi) is 6.33. The van der Waals surface area contributed by atoms with Crippen LogP contribution in [0.1, 0.15) is 39.5 Å². The van der Waals surface area contributed by atoms with E-state index < -0.39 is 12.0 Å². The van der Waals surface area contributed by atoms with Crippen molar-refractivity contribution < 1.29 is 13.6 Å². The Hall–Kier alpha value is -0.750. The Morgan fingerprint density at radius 2 is 2.15 bits per heavy atom. The van der Waals surface area contributed by atoms with Gasteiger partial charge < -0.3 is 16.0 Å². The van der Waals surface area contributed by atoms with E-state index in [1.54, 1.807) is 11.9 Å². The highest BCUT2D eigenvalue weighted by Crippen LogP contribution is 2.38. The summed E-state index contributed by atoms with van der Waals surface area (Å²) < 4.78 is 24.6. The molecule has 1 aliphatic rings. The second-order valence-electron chi connectivity index (χ2n) is 6.17. The van der Waals surface area contributed by atoms with Crippen LogP contribution in [0.4, 0.5) is 8.78 Å². The molecule has 0 aromatic heterocycles. The molecule has 4 nitrogen and oxygen atoms in total. The summed E-state index contributed by atoms with van der Waals surface area (Å²) >= 11 is 0. The molecule has 0 aromatic rings. The highest BCUT2D eigenvalue weighted by molar-refractivity contribution is 5.85. The molecule has 0 heterocycles. The van der Waals surface area contributed by atoms with Gasteiger partial charge in [-0.2, -0.15) is 0 Å². The van der Waals surface area contributed by atoms with Crippen molar-refractivity contribution in [3.63, 3.8) is 0 Å². The fourth-order valence-electron chi connectivity index (χ4n) is 3.27. The molecule has 20 heavy (non-hydrogen) atoms. The van der Waals surface area contributed by atoms with Gasteiger partial charge in [-0.05, 0) is 52.6 Å². The number of hydrogen-bond acceptors (Lipinski definition) is 3. The number of carbonyl (C=O) groups is 1. The van der Waals surface area contributed by atoms with E-state index in [0.717, 1.165) is 19.3 Å². The number of primary amides is 1. The van der Waals surface area contributed by atoms with Gasteiger partial charge in [0, 0.05) is 6.04 Å². The van der Waals surface area contributed by atoms with Crippen molar-refractivity contribution in [3.8, 4) is 0 Å². The Balaban J connectivity index is 2.64. The van der Waals surface area contributed by atoms with Gasteiger partial charge in [-0.25, -0.2) is 8.78 Å². The maximum Gasteiger partial charge on any atom is 0.251 e. The van der Waals surface area contributed by atoms with E-state index in [9.17, 15) is 13.6 Å². The second kappa shape index (κ2) is 7.31. The molecule has 0 bridgehead atoms. The van der Waals surface area contributed by atoms with Crippen LogP contribution in [0.5, 0.6) is 0 Å². The van der Waals surface area contributed by atoms with Gasteiger partial charge >= 0.3 is 0 Å². The van der Waals surface area contributed by atoms with Crippen LogP contribution in [-0.2, 0) is 4.79 Å². The normalized spacial score (nSPS) is 26.9. The Labute approximate surface area is 120 Å². The summed E-state index contributed by atoms with van der Waals surface area (Å²) in [5.41, 5.74) is 4.96. The molecule has 0 saturated heterocycles. The zero-order valence-electron chi connectivity index (χ0n) is 12.7. The average Bonchev–Trinajstić information content (AvgIpc) is 2.68. The van der Waals surface area contributed by atoms with E-state index in [0.29, 0.717) is 13.0 Å². The second-order valence-corrected chi connectivity index (χ2v) is 6.17. The Morgan fingerprint density at radius 3 is 2.65 bits per heavy atom. The van der Waals surface area contributed by atoms with Gasteiger partial charge in [-0.3, -0.25) is 4.79 Å². The molecular formula is C14H27F2N3O. The smallest absolute Gasteiger partial charge is 0.251 e. The standard InChI is InChI=1S/C14H27F2N3O/c1-10(2)18-14(13(17)20)7-4-5-11(14)6-8-19(3)9-12(15)16/h10-12,18H,4-9H2,1-3H3,(H2,17,20). The number of nitrogens with zero attached hydrogens (tertiary/aromatic N) is 1. The molecule has 1 saturated carbocycles. The first-order valence-corrected chi connectivity index (χ1v) is 7.32. The van der Waals surface area contributed by atoms with Crippen molar-refractivity contribution in [2.24, 2.45) is 11.7 Å². The maximum atomic E-state index is 12.3. The van der Waals surface area contributed by atoms with Gasteiger partial charge in [0.2, 0.25) is 5.91 Å². The predicted molar refractivity (Wildman–Crippen MR) is 75.7 cm³/mol. The van der Waals surface area contributed by atoms with Crippen molar-refractivity contribution in [2.45, 2.75) is 57.5 Å². The summed E-state index contributed by atoms with van der Waals surface area (Å²) in [6.45, 7) is 4.31. The lowest BCUT2D eigenvalue weighted by Gasteiger charge is -2.36. The van der Waals surface area contributed by atoms with Crippen LogP contribution in [0.3, 0.4) is 0 Å². The molecule has 1 fully saturated rings. The SMILES string of the molecule is CC(C)NC1(C(N)=O)CCCC1CCN(C)CC(F)F. The number of alkyl halides is 2. The monoisotopic (exact) mass is 291 g/mol. The minimum Gasteiger partial charge on any atom is -0.368 e. The van der Waals surface area contributed by atoms with E-state index in [2.05, 4.69) is 5.32 Å². The number of halogens is 2. The summed E-state index contributed by atoms with van der Waals surface area (Å²) in [5, 5.41) is 3.33. The summed E-state index contributed by atoms with van der Waals surface area (Å²) in [5.74, 6) is -0.187. The first-order valence-electron chi connectivity index (χ1n) is 7.32. The molecule has 6 heteroatoms. The minimum atomic E-state index is -2.32. The first-order chi connectivity index (χ1) is 9.28. The van der Waals surface area contributed by atoms with Crippen LogP contribution >= 0.6 is 0 Å². The van der Waals surface area contributed by atoms with Gasteiger partial charge in [0.05, 0.1) is 6.54 Å². The van der Waals surface area contributed by atoms with Crippen LogP contribution in [0.25, 0.3) is 0 Å². The van der Waals surface area contributed by atoms with Crippen molar-refractivity contribution in [1.82, 2.24) is 10.2 Å². The maximum absolute atomic E-state index is 12.3. The van der Waals surface area contributed by atoms with Gasteiger partial charge in [-0.1, -0.05) is 6.42 Å². The van der Waals surface area contributed by atoms with Crippen molar-refractivity contribution in [3.05, 3.63) is 0 Å². The first kappa shape index (κ1) is 17.3. The Morgan fingerprint density at radius 1 is 1.50 bits per heavy atom. The van der Waals surface area contributed by atoms with Crippen molar-refractivity contribution in [2.75, 3.05) is 20.1 Å². The quantitative estimate of drug-likeness (QED) is 0.714. The molecule has 0 aromatic carbocycles. The third kappa shape index (κ3) is 4.38. The van der Waals surface area contributed by atoms with Gasteiger partial charge in [0.25, 0.3) is 6.43 Å². The number of nitrogens with two attached hydrogens (primary N) is 1. The number of carbonyl (C=O) groups excluding carboxylic acids is 1. The zero-order valence-corrected chi connectivity index (χ0v) is 12.7. The molecule has 1 amide bonds. The molecular weight excluding hydrogens is 264 g/mol. The number of amides is 1. The van der Waals surface area contributed by atoms with Crippen molar-refractivity contribution >= 4 is 5.91 Å². The van der Waals surface area contributed by atoms with E-state index in [1.165, 1.54) is 0 Å². The van der Waals surface area contributed by atoms with E-state index >= 15 is 0 Å². The average molecular weight is 291 g/mol. The van der Waals surface area contributed by atoms with Gasteiger partial charge in [0.15, 0.2) is 0 Å². The fraction of sp³-hybridized carbons (Fsp3) is 0.929.